The summed E-state index contributed by atoms with van der Waals surface area (Å²) in [7, 11) is 0. The third-order valence-electron chi connectivity index (χ3n) is 5.88. The molecule has 0 fully saturated rings. The molecule has 1 aromatic carbocycles. The van der Waals surface area contributed by atoms with E-state index in [0.717, 1.165) is 60.5 Å². The summed E-state index contributed by atoms with van der Waals surface area (Å²) in [6, 6.07) is 12.7. The van der Waals surface area contributed by atoms with E-state index in [1.165, 1.54) is 16.8 Å². The molecule has 4 heterocycles. The second kappa shape index (κ2) is 7.06. The van der Waals surface area contributed by atoms with Crippen molar-refractivity contribution in [3.8, 4) is 22.5 Å². The number of nitrogens with two attached hydrogens (primary N) is 1. The first-order valence-corrected chi connectivity index (χ1v) is 10.7. The van der Waals surface area contributed by atoms with Crippen molar-refractivity contribution in [3.05, 3.63) is 54.1 Å². The van der Waals surface area contributed by atoms with Crippen molar-refractivity contribution in [1.82, 2.24) is 24.3 Å². The van der Waals surface area contributed by atoms with Crippen molar-refractivity contribution in [1.29, 1.82) is 0 Å². The molecule has 4 aromatic rings. The molecule has 6 nitrogen and oxygen atoms in total. The SMILES string of the molecule is Cc1cccc(-c2nn3c(c2-c2ccc4ncn(CCC(C)(C)N)c4c2)CCC3)n1. The van der Waals surface area contributed by atoms with Gasteiger partial charge >= 0.3 is 0 Å². The van der Waals surface area contributed by atoms with E-state index < -0.39 is 0 Å². The van der Waals surface area contributed by atoms with Gasteiger partial charge in [0, 0.05) is 35.6 Å². The van der Waals surface area contributed by atoms with Crippen molar-refractivity contribution in [3.63, 3.8) is 0 Å². The summed E-state index contributed by atoms with van der Waals surface area (Å²) in [5, 5.41) is 4.95. The number of hydrogen-bond acceptors (Lipinski definition) is 4. The van der Waals surface area contributed by atoms with Gasteiger partial charge in [-0.25, -0.2) is 4.98 Å². The highest BCUT2D eigenvalue weighted by molar-refractivity contribution is 5.88. The Morgan fingerprint density at radius 3 is 2.83 bits per heavy atom. The van der Waals surface area contributed by atoms with Gasteiger partial charge in [0.1, 0.15) is 5.69 Å². The Labute approximate surface area is 176 Å². The van der Waals surface area contributed by atoms with Crippen LogP contribution in [0.4, 0.5) is 0 Å². The molecule has 30 heavy (non-hydrogen) atoms. The van der Waals surface area contributed by atoms with Gasteiger partial charge in [0.2, 0.25) is 0 Å². The summed E-state index contributed by atoms with van der Waals surface area (Å²) in [5.74, 6) is 0. The monoisotopic (exact) mass is 400 g/mol. The molecule has 1 aliphatic heterocycles. The van der Waals surface area contributed by atoms with E-state index in [2.05, 4.69) is 58.4 Å². The van der Waals surface area contributed by atoms with E-state index in [9.17, 15) is 0 Å². The van der Waals surface area contributed by atoms with Gasteiger partial charge in [-0.15, -0.1) is 0 Å². The average molecular weight is 401 g/mol. The highest BCUT2D eigenvalue weighted by Gasteiger charge is 2.25. The van der Waals surface area contributed by atoms with Crippen LogP contribution >= 0.6 is 0 Å². The normalized spacial score (nSPS) is 13.9. The van der Waals surface area contributed by atoms with E-state index in [0.29, 0.717) is 0 Å². The summed E-state index contributed by atoms with van der Waals surface area (Å²) in [6.45, 7) is 7.97. The molecular formula is C24H28N6. The van der Waals surface area contributed by atoms with Gasteiger partial charge in [0.15, 0.2) is 0 Å². The van der Waals surface area contributed by atoms with Crippen LogP contribution in [0.5, 0.6) is 0 Å². The number of fused-ring (bicyclic) bond motifs is 2. The highest BCUT2D eigenvalue weighted by Crippen LogP contribution is 2.38. The van der Waals surface area contributed by atoms with Crippen molar-refractivity contribution in [2.24, 2.45) is 5.73 Å². The van der Waals surface area contributed by atoms with Gasteiger partial charge in [-0.2, -0.15) is 5.10 Å². The van der Waals surface area contributed by atoms with E-state index in [-0.39, 0.29) is 5.54 Å². The molecule has 0 radical (unpaired) electrons. The molecule has 0 saturated heterocycles. The summed E-state index contributed by atoms with van der Waals surface area (Å²) < 4.78 is 4.37. The summed E-state index contributed by atoms with van der Waals surface area (Å²) >= 11 is 0. The summed E-state index contributed by atoms with van der Waals surface area (Å²) in [4.78, 5) is 9.36. The quantitative estimate of drug-likeness (QED) is 0.541. The molecule has 2 N–H and O–H groups in total. The molecule has 6 heteroatoms. The van der Waals surface area contributed by atoms with Crippen molar-refractivity contribution in [2.75, 3.05) is 0 Å². The van der Waals surface area contributed by atoms with Gasteiger partial charge in [0.25, 0.3) is 0 Å². The van der Waals surface area contributed by atoms with Crippen LogP contribution in [0.2, 0.25) is 0 Å². The Bertz CT molecular complexity index is 1220. The fourth-order valence-electron chi connectivity index (χ4n) is 4.29. The topological polar surface area (TPSA) is 74.5 Å². The number of hydrogen-bond donors (Lipinski definition) is 1. The largest absolute Gasteiger partial charge is 0.331 e. The van der Waals surface area contributed by atoms with Crippen LogP contribution in [-0.2, 0) is 19.5 Å². The van der Waals surface area contributed by atoms with Crippen LogP contribution < -0.4 is 5.73 Å². The Hall–Kier alpha value is -2.99. The molecule has 5 rings (SSSR count). The van der Waals surface area contributed by atoms with Crippen molar-refractivity contribution >= 4 is 11.0 Å². The van der Waals surface area contributed by atoms with E-state index >= 15 is 0 Å². The van der Waals surface area contributed by atoms with Crippen LogP contribution in [0, 0.1) is 6.92 Å². The van der Waals surface area contributed by atoms with Crippen LogP contribution in [0.15, 0.2) is 42.7 Å². The maximum absolute atomic E-state index is 6.21. The first kappa shape index (κ1) is 19.0. The first-order valence-electron chi connectivity index (χ1n) is 10.7. The van der Waals surface area contributed by atoms with E-state index in [1.807, 2.05) is 19.3 Å². The lowest BCUT2D eigenvalue weighted by Gasteiger charge is -2.18. The Morgan fingerprint density at radius 1 is 1.17 bits per heavy atom. The summed E-state index contributed by atoms with van der Waals surface area (Å²) in [6.07, 6.45) is 5.01. The third kappa shape index (κ3) is 3.41. The van der Waals surface area contributed by atoms with Crippen molar-refractivity contribution in [2.45, 2.75) is 58.7 Å². The molecule has 0 bridgehead atoms. The van der Waals surface area contributed by atoms with Gasteiger partial charge in [-0.1, -0.05) is 12.1 Å². The number of rotatable bonds is 5. The fourth-order valence-corrected chi connectivity index (χ4v) is 4.29. The van der Waals surface area contributed by atoms with Crippen LogP contribution in [0.25, 0.3) is 33.5 Å². The predicted octanol–water partition coefficient (Wildman–Crippen LogP) is 4.34. The molecule has 0 saturated carbocycles. The lowest BCUT2D eigenvalue weighted by Crippen LogP contribution is -2.33. The molecule has 3 aromatic heterocycles. The number of pyridine rings is 1. The first-order chi connectivity index (χ1) is 14.4. The molecule has 0 amide bonds. The second-order valence-electron chi connectivity index (χ2n) is 9.04. The zero-order valence-electron chi connectivity index (χ0n) is 17.9. The average Bonchev–Trinajstić information content (AvgIpc) is 3.39. The van der Waals surface area contributed by atoms with Gasteiger partial charge in [0.05, 0.1) is 23.1 Å². The molecular weight excluding hydrogens is 372 g/mol. The number of benzene rings is 1. The highest BCUT2D eigenvalue weighted by atomic mass is 15.3. The minimum Gasteiger partial charge on any atom is -0.331 e. The Kier molecular flexibility index (Phi) is 4.47. The lowest BCUT2D eigenvalue weighted by molar-refractivity contribution is 0.440. The van der Waals surface area contributed by atoms with Gasteiger partial charge < -0.3 is 10.3 Å². The maximum atomic E-state index is 6.21. The van der Waals surface area contributed by atoms with Gasteiger partial charge in [-0.3, -0.25) is 9.67 Å². The molecule has 1 aliphatic rings. The van der Waals surface area contributed by atoms with Crippen LogP contribution in [0.3, 0.4) is 0 Å². The Balaban J connectivity index is 1.63. The number of imidazole rings is 1. The minimum absolute atomic E-state index is 0.203. The minimum atomic E-state index is -0.203. The molecule has 0 atom stereocenters. The molecule has 0 spiro atoms. The number of aromatic nitrogens is 5. The third-order valence-corrected chi connectivity index (χ3v) is 5.88. The predicted molar refractivity (Wildman–Crippen MR) is 120 cm³/mol. The van der Waals surface area contributed by atoms with E-state index in [4.69, 9.17) is 15.8 Å². The number of nitrogens with zero attached hydrogens (tertiary/aromatic N) is 5. The second-order valence-corrected chi connectivity index (χ2v) is 9.04. The smallest absolute Gasteiger partial charge is 0.119 e. The molecule has 0 unspecified atom stereocenters. The fraction of sp³-hybridized carbons (Fsp3) is 0.375. The Morgan fingerprint density at radius 2 is 2.03 bits per heavy atom. The molecule has 154 valence electrons. The lowest BCUT2D eigenvalue weighted by atomic mass is 9.99. The van der Waals surface area contributed by atoms with Crippen molar-refractivity contribution < 1.29 is 0 Å². The maximum Gasteiger partial charge on any atom is 0.119 e. The van der Waals surface area contributed by atoms with Crippen LogP contribution in [-0.4, -0.2) is 29.9 Å². The standard InChI is InChI=1S/C24H28N6/c1-16-6-4-7-19(27-16)23-22(20-8-5-12-30(20)28-23)17-9-10-18-21(14-17)29(15-26-18)13-11-24(2,3)25/h4,6-7,9-10,14-15H,5,8,11-13,25H2,1-3H3. The molecule has 0 aliphatic carbocycles. The van der Waals surface area contributed by atoms with E-state index in [1.54, 1.807) is 0 Å². The number of aryl methyl sites for hydroxylation is 3. The zero-order valence-corrected chi connectivity index (χ0v) is 17.9. The zero-order chi connectivity index (χ0) is 20.9. The van der Waals surface area contributed by atoms with Crippen LogP contribution in [0.1, 0.15) is 38.1 Å². The summed E-state index contributed by atoms with van der Waals surface area (Å²) in [5.41, 5.74) is 14.8. The van der Waals surface area contributed by atoms with Gasteiger partial charge in [-0.05, 0) is 69.9 Å².